The van der Waals surface area contributed by atoms with Crippen molar-refractivity contribution in [2.45, 2.75) is 26.3 Å². The molecule has 0 unspecified atom stereocenters. The predicted molar refractivity (Wildman–Crippen MR) is 108 cm³/mol. The van der Waals surface area contributed by atoms with Crippen molar-refractivity contribution in [1.29, 1.82) is 0 Å². The standard InChI is InChI=1S/C20H25N5O4/c1-13-12-18(26)23-17(22-13)8-9-21-20(28)24-10-11-25(19(27)14(24)2)15-4-6-16(29-3)7-5-15/h4-7,12,14H,8-11H2,1-3H3,(H,21,28)(H,22,23,26)/t14-/m1/s1. The summed E-state index contributed by atoms with van der Waals surface area (Å²) >= 11 is 0. The van der Waals surface area contributed by atoms with Crippen LogP contribution in [0, 0.1) is 6.92 Å². The summed E-state index contributed by atoms with van der Waals surface area (Å²) in [5.74, 6) is 1.10. The van der Waals surface area contributed by atoms with Crippen LogP contribution in [0.1, 0.15) is 18.4 Å². The van der Waals surface area contributed by atoms with Gasteiger partial charge in [0.25, 0.3) is 5.56 Å². The van der Waals surface area contributed by atoms with Crippen molar-refractivity contribution in [1.82, 2.24) is 20.2 Å². The van der Waals surface area contributed by atoms with Crippen molar-refractivity contribution >= 4 is 17.6 Å². The van der Waals surface area contributed by atoms with Crippen LogP contribution in [0.4, 0.5) is 10.5 Å². The van der Waals surface area contributed by atoms with Gasteiger partial charge in [0.2, 0.25) is 5.91 Å². The van der Waals surface area contributed by atoms with E-state index >= 15 is 0 Å². The van der Waals surface area contributed by atoms with Crippen LogP contribution in [0.25, 0.3) is 0 Å². The van der Waals surface area contributed by atoms with Gasteiger partial charge in [0.1, 0.15) is 17.6 Å². The molecule has 1 fully saturated rings. The van der Waals surface area contributed by atoms with E-state index in [2.05, 4.69) is 15.3 Å². The molecule has 3 rings (SSSR count). The Morgan fingerprint density at radius 2 is 2.00 bits per heavy atom. The van der Waals surface area contributed by atoms with E-state index in [1.54, 1.807) is 38.0 Å². The maximum absolute atomic E-state index is 12.8. The molecule has 2 heterocycles. The summed E-state index contributed by atoms with van der Waals surface area (Å²) in [7, 11) is 1.59. The topological polar surface area (TPSA) is 108 Å². The Kier molecular flexibility index (Phi) is 6.16. The van der Waals surface area contributed by atoms with Gasteiger partial charge in [-0.15, -0.1) is 0 Å². The van der Waals surface area contributed by atoms with Crippen LogP contribution in [0.3, 0.4) is 0 Å². The van der Waals surface area contributed by atoms with Gasteiger partial charge >= 0.3 is 6.03 Å². The van der Waals surface area contributed by atoms with Crippen molar-refractivity contribution in [2.24, 2.45) is 0 Å². The summed E-state index contributed by atoms with van der Waals surface area (Å²) in [6.45, 7) is 4.61. The summed E-state index contributed by atoms with van der Waals surface area (Å²) in [4.78, 5) is 46.9. The van der Waals surface area contributed by atoms with Crippen molar-refractivity contribution in [3.63, 3.8) is 0 Å². The number of piperazine rings is 1. The van der Waals surface area contributed by atoms with E-state index in [0.29, 0.717) is 37.6 Å². The number of aromatic amines is 1. The number of amides is 3. The van der Waals surface area contributed by atoms with Gasteiger partial charge in [-0.05, 0) is 38.1 Å². The lowest BCUT2D eigenvalue weighted by atomic mass is 10.1. The number of H-pyrrole nitrogens is 1. The number of hydrogen-bond acceptors (Lipinski definition) is 5. The summed E-state index contributed by atoms with van der Waals surface area (Å²) < 4.78 is 5.15. The molecular formula is C20H25N5O4. The molecule has 1 atom stereocenters. The van der Waals surface area contributed by atoms with Crippen LogP contribution >= 0.6 is 0 Å². The lowest BCUT2D eigenvalue weighted by Gasteiger charge is -2.39. The number of methoxy groups -OCH3 is 1. The fourth-order valence-corrected chi connectivity index (χ4v) is 3.32. The first kappa shape index (κ1) is 20.4. The van der Waals surface area contributed by atoms with Crippen molar-refractivity contribution < 1.29 is 14.3 Å². The number of anilines is 1. The molecule has 2 N–H and O–H groups in total. The minimum Gasteiger partial charge on any atom is -0.497 e. The Hall–Kier alpha value is -3.36. The number of rotatable bonds is 5. The third-order valence-corrected chi connectivity index (χ3v) is 4.86. The fourth-order valence-electron chi connectivity index (χ4n) is 3.32. The summed E-state index contributed by atoms with van der Waals surface area (Å²) in [5.41, 5.74) is 1.19. The number of aryl methyl sites for hydroxylation is 1. The Morgan fingerprint density at radius 3 is 2.66 bits per heavy atom. The first-order chi connectivity index (χ1) is 13.9. The number of aromatic nitrogens is 2. The molecule has 9 heteroatoms. The molecule has 2 aromatic rings. The molecule has 1 aromatic heterocycles. The molecule has 29 heavy (non-hydrogen) atoms. The normalized spacial score (nSPS) is 16.7. The fraction of sp³-hybridized carbons (Fsp3) is 0.400. The molecule has 1 saturated heterocycles. The van der Waals surface area contributed by atoms with Crippen LogP contribution in [-0.4, -0.2) is 59.6 Å². The van der Waals surface area contributed by atoms with Gasteiger partial charge < -0.3 is 24.8 Å². The Balaban J connectivity index is 1.56. The number of urea groups is 1. The molecule has 0 spiro atoms. The van der Waals surface area contributed by atoms with Gasteiger partial charge in [-0.3, -0.25) is 9.59 Å². The third kappa shape index (κ3) is 4.74. The minimum absolute atomic E-state index is 0.138. The quantitative estimate of drug-likeness (QED) is 0.782. The highest BCUT2D eigenvalue weighted by Crippen LogP contribution is 2.23. The number of ether oxygens (including phenoxy) is 1. The van der Waals surface area contributed by atoms with Crippen molar-refractivity contribution in [3.8, 4) is 5.75 Å². The van der Waals surface area contributed by atoms with E-state index in [0.717, 1.165) is 11.4 Å². The van der Waals surface area contributed by atoms with Crippen LogP contribution in [0.15, 0.2) is 35.1 Å². The molecule has 1 aromatic carbocycles. The average molecular weight is 399 g/mol. The second-order valence-electron chi connectivity index (χ2n) is 6.87. The highest BCUT2D eigenvalue weighted by molar-refractivity contribution is 6.00. The second kappa shape index (κ2) is 8.76. The van der Waals surface area contributed by atoms with E-state index < -0.39 is 6.04 Å². The molecule has 0 bridgehead atoms. The first-order valence-electron chi connectivity index (χ1n) is 9.46. The number of hydrogen-bond donors (Lipinski definition) is 2. The number of nitrogens with one attached hydrogen (secondary N) is 2. The van der Waals surface area contributed by atoms with Gasteiger partial charge in [0, 0.05) is 43.5 Å². The molecule has 1 aliphatic rings. The molecule has 1 aliphatic heterocycles. The van der Waals surface area contributed by atoms with Crippen LogP contribution in [0.5, 0.6) is 5.75 Å². The first-order valence-corrected chi connectivity index (χ1v) is 9.46. The predicted octanol–water partition coefficient (Wildman–Crippen LogP) is 1.08. The summed E-state index contributed by atoms with van der Waals surface area (Å²) in [6, 6.07) is 7.78. The van der Waals surface area contributed by atoms with Gasteiger partial charge in [0.15, 0.2) is 0 Å². The maximum atomic E-state index is 12.8. The highest BCUT2D eigenvalue weighted by Gasteiger charge is 2.34. The van der Waals surface area contributed by atoms with Gasteiger partial charge in [0.05, 0.1) is 7.11 Å². The Morgan fingerprint density at radius 1 is 1.28 bits per heavy atom. The van der Waals surface area contributed by atoms with E-state index in [-0.39, 0.29) is 17.5 Å². The lowest BCUT2D eigenvalue weighted by Crippen LogP contribution is -2.59. The molecule has 154 valence electrons. The number of nitrogens with zero attached hydrogens (tertiary/aromatic N) is 3. The smallest absolute Gasteiger partial charge is 0.318 e. The largest absolute Gasteiger partial charge is 0.497 e. The zero-order valence-corrected chi connectivity index (χ0v) is 16.8. The molecule has 0 aliphatic carbocycles. The van der Waals surface area contributed by atoms with Crippen LogP contribution in [-0.2, 0) is 11.2 Å². The molecular weight excluding hydrogens is 374 g/mol. The zero-order chi connectivity index (χ0) is 21.0. The molecule has 9 nitrogen and oxygen atoms in total. The molecule has 0 radical (unpaired) electrons. The minimum atomic E-state index is -0.581. The third-order valence-electron chi connectivity index (χ3n) is 4.86. The SMILES string of the molecule is COc1ccc(N2CCN(C(=O)NCCc3nc(C)cc(=O)[nH]3)[C@H](C)C2=O)cc1. The average Bonchev–Trinajstić information content (AvgIpc) is 2.69. The van der Waals surface area contributed by atoms with E-state index in [1.165, 1.54) is 11.0 Å². The van der Waals surface area contributed by atoms with E-state index in [9.17, 15) is 14.4 Å². The molecule has 0 saturated carbocycles. The monoisotopic (exact) mass is 399 g/mol. The van der Waals surface area contributed by atoms with Crippen molar-refractivity contribution in [2.75, 3.05) is 31.6 Å². The lowest BCUT2D eigenvalue weighted by molar-refractivity contribution is -0.124. The van der Waals surface area contributed by atoms with Gasteiger partial charge in [-0.2, -0.15) is 0 Å². The highest BCUT2D eigenvalue weighted by atomic mass is 16.5. The van der Waals surface area contributed by atoms with Crippen LogP contribution < -0.4 is 20.5 Å². The Labute approximate surface area is 168 Å². The van der Waals surface area contributed by atoms with Gasteiger partial charge in [-0.1, -0.05) is 0 Å². The summed E-state index contributed by atoms with van der Waals surface area (Å²) in [5, 5.41) is 2.80. The zero-order valence-electron chi connectivity index (χ0n) is 16.8. The second-order valence-corrected chi connectivity index (χ2v) is 6.87. The van der Waals surface area contributed by atoms with E-state index in [4.69, 9.17) is 4.74 Å². The number of carbonyl (C=O) groups excluding carboxylic acids is 2. The van der Waals surface area contributed by atoms with Crippen LogP contribution in [0.2, 0.25) is 0 Å². The maximum Gasteiger partial charge on any atom is 0.318 e. The molecule has 3 amide bonds. The van der Waals surface area contributed by atoms with Gasteiger partial charge in [-0.25, -0.2) is 9.78 Å². The summed E-state index contributed by atoms with van der Waals surface area (Å²) in [6.07, 6.45) is 0.400. The Bertz CT molecular complexity index is 941. The number of carbonyl (C=O) groups is 2. The number of benzene rings is 1. The van der Waals surface area contributed by atoms with E-state index in [1.807, 2.05) is 12.1 Å². The van der Waals surface area contributed by atoms with Crippen molar-refractivity contribution in [3.05, 3.63) is 52.2 Å².